The molecule has 0 bridgehead atoms. The molecule has 3 aliphatic rings. The summed E-state index contributed by atoms with van der Waals surface area (Å²) in [6.07, 6.45) is 6.25. The molecular formula is C20H23N3O4. The number of hydrogen-bond acceptors (Lipinski definition) is 6. The highest BCUT2D eigenvalue weighted by Gasteiger charge is 2.32. The Morgan fingerprint density at radius 2 is 1.81 bits per heavy atom. The fraction of sp³-hybridized carbons (Fsp3) is 0.550. The number of rotatable bonds is 3. The molecule has 3 heterocycles. The van der Waals surface area contributed by atoms with Crippen molar-refractivity contribution in [2.75, 3.05) is 19.9 Å². The van der Waals surface area contributed by atoms with Crippen LogP contribution in [0.3, 0.4) is 0 Å². The molecule has 1 aromatic heterocycles. The molecule has 1 saturated heterocycles. The summed E-state index contributed by atoms with van der Waals surface area (Å²) in [5.41, 5.74) is 0.850. The summed E-state index contributed by atoms with van der Waals surface area (Å²) < 4.78 is 16.3. The van der Waals surface area contributed by atoms with Crippen LogP contribution in [0.1, 0.15) is 50.3 Å². The van der Waals surface area contributed by atoms with E-state index < -0.39 is 0 Å². The Hall–Kier alpha value is -2.57. The summed E-state index contributed by atoms with van der Waals surface area (Å²) in [5.74, 6) is 3.48. The minimum Gasteiger partial charge on any atom is -0.454 e. The number of benzene rings is 1. The second kappa shape index (κ2) is 6.87. The van der Waals surface area contributed by atoms with E-state index in [-0.39, 0.29) is 18.6 Å². The summed E-state index contributed by atoms with van der Waals surface area (Å²) in [7, 11) is 0. The predicted octanol–water partition coefficient (Wildman–Crippen LogP) is 3.36. The molecule has 0 spiro atoms. The van der Waals surface area contributed by atoms with Gasteiger partial charge in [0.05, 0.1) is 0 Å². The van der Waals surface area contributed by atoms with Gasteiger partial charge in [-0.15, -0.1) is 0 Å². The molecule has 1 amide bonds. The molecule has 1 aliphatic carbocycles. The van der Waals surface area contributed by atoms with Crippen LogP contribution in [0.25, 0.3) is 11.4 Å². The number of hydrogen-bond donors (Lipinski definition) is 0. The maximum absolute atomic E-state index is 12.6. The Kier molecular flexibility index (Phi) is 4.22. The van der Waals surface area contributed by atoms with Gasteiger partial charge < -0.3 is 18.9 Å². The van der Waals surface area contributed by atoms with E-state index in [1.54, 1.807) is 0 Å². The number of aromatic nitrogens is 2. The van der Waals surface area contributed by atoms with Crippen LogP contribution >= 0.6 is 0 Å². The van der Waals surface area contributed by atoms with E-state index in [0.29, 0.717) is 23.4 Å². The lowest BCUT2D eigenvalue weighted by molar-refractivity contribution is -0.136. The third-order valence-corrected chi connectivity index (χ3v) is 5.93. The van der Waals surface area contributed by atoms with Crippen LogP contribution in [-0.4, -0.2) is 40.8 Å². The number of nitrogens with zero attached hydrogens (tertiary/aromatic N) is 3. The molecule has 0 N–H and O–H groups in total. The number of piperidine rings is 1. The Balaban J connectivity index is 1.24. The minimum absolute atomic E-state index is 0.216. The topological polar surface area (TPSA) is 77.7 Å². The lowest BCUT2D eigenvalue weighted by Gasteiger charge is -2.32. The molecule has 2 aromatic rings. The fourth-order valence-corrected chi connectivity index (χ4v) is 4.33. The zero-order chi connectivity index (χ0) is 18.2. The van der Waals surface area contributed by atoms with Crippen LogP contribution in [0, 0.1) is 5.92 Å². The molecule has 27 heavy (non-hydrogen) atoms. The molecule has 1 saturated carbocycles. The molecule has 142 valence electrons. The lowest BCUT2D eigenvalue weighted by atomic mass is 9.95. The van der Waals surface area contributed by atoms with Gasteiger partial charge in [-0.2, -0.15) is 4.98 Å². The highest BCUT2D eigenvalue weighted by atomic mass is 16.7. The van der Waals surface area contributed by atoms with Gasteiger partial charge in [-0.25, -0.2) is 0 Å². The molecule has 0 radical (unpaired) electrons. The third kappa shape index (κ3) is 3.15. The first-order chi connectivity index (χ1) is 13.3. The number of ether oxygens (including phenoxy) is 2. The van der Waals surface area contributed by atoms with E-state index in [4.69, 9.17) is 14.0 Å². The average molecular weight is 369 g/mol. The summed E-state index contributed by atoms with van der Waals surface area (Å²) in [6.45, 7) is 1.80. The fourth-order valence-electron chi connectivity index (χ4n) is 4.33. The molecule has 5 rings (SSSR count). The monoisotopic (exact) mass is 369 g/mol. The van der Waals surface area contributed by atoms with Gasteiger partial charge in [-0.1, -0.05) is 18.0 Å². The van der Waals surface area contributed by atoms with Crippen molar-refractivity contribution in [2.45, 2.75) is 44.4 Å². The van der Waals surface area contributed by atoms with Crippen molar-refractivity contribution in [2.24, 2.45) is 5.92 Å². The van der Waals surface area contributed by atoms with Crippen molar-refractivity contribution in [1.29, 1.82) is 0 Å². The number of carbonyl (C=O) groups is 1. The van der Waals surface area contributed by atoms with Crippen LogP contribution in [-0.2, 0) is 4.79 Å². The van der Waals surface area contributed by atoms with Gasteiger partial charge in [-0.05, 0) is 43.9 Å². The molecule has 2 fully saturated rings. The zero-order valence-electron chi connectivity index (χ0n) is 15.2. The Bertz CT molecular complexity index is 836. The SMILES string of the molecule is O=C(C1CCCC1)N1CCC(c2nc(-c3ccc4c(c3)OCO4)no2)CC1. The van der Waals surface area contributed by atoms with Crippen LogP contribution in [0.15, 0.2) is 22.7 Å². The molecule has 2 aliphatic heterocycles. The Morgan fingerprint density at radius 3 is 2.63 bits per heavy atom. The van der Waals surface area contributed by atoms with E-state index in [1.165, 1.54) is 12.8 Å². The summed E-state index contributed by atoms with van der Waals surface area (Å²) in [4.78, 5) is 19.2. The van der Waals surface area contributed by atoms with Crippen LogP contribution in [0.4, 0.5) is 0 Å². The van der Waals surface area contributed by atoms with Crippen molar-refractivity contribution in [3.63, 3.8) is 0 Å². The highest BCUT2D eigenvalue weighted by Crippen LogP contribution is 2.36. The quantitative estimate of drug-likeness (QED) is 0.826. The van der Waals surface area contributed by atoms with Crippen molar-refractivity contribution < 1.29 is 18.8 Å². The van der Waals surface area contributed by atoms with Crippen LogP contribution in [0.5, 0.6) is 11.5 Å². The molecule has 1 aromatic carbocycles. The van der Waals surface area contributed by atoms with Crippen molar-refractivity contribution in [1.82, 2.24) is 15.0 Å². The molecule has 7 heteroatoms. The first-order valence-electron chi connectivity index (χ1n) is 9.80. The second-order valence-electron chi connectivity index (χ2n) is 7.61. The minimum atomic E-state index is 0.216. The van der Waals surface area contributed by atoms with Crippen molar-refractivity contribution >= 4 is 5.91 Å². The van der Waals surface area contributed by atoms with Crippen LogP contribution < -0.4 is 9.47 Å². The number of amides is 1. The third-order valence-electron chi connectivity index (χ3n) is 5.93. The normalized spacial score (nSPS) is 20.4. The van der Waals surface area contributed by atoms with Crippen molar-refractivity contribution in [3.8, 4) is 22.9 Å². The maximum atomic E-state index is 12.6. The number of fused-ring (bicyclic) bond motifs is 1. The Morgan fingerprint density at radius 1 is 1.04 bits per heavy atom. The second-order valence-corrected chi connectivity index (χ2v) is 7.61. The smallest absolute Gasteiger partial charge is 0.231 e. The summed E-state index contributed by atoms with van der Waals surface area (Å²) in [5, 5.41) is 4.14. The lowest BCUT2D eigenvalue weighted by Crippen LogP contribution is -2.40. The van der Waals surface area contributed by atoms with Crippen molar-refractivity contribution in [3.05, 3.63) is 24.1 Å². The van der Waals surface area contributed by atoms with E-state index in [1.807, 2.05) is 23.1 Å². The van der Waals surface area contributed by atoms with Gasteiger partial charge in [0.15, 0.2) is 11.5 Å². The molecule has 7 nitrogen and oxygen atoms in total. The predicted molar refractivity (Wildman–Crippen MR) is 96.4 cm³/mol. The molecule has 0 unspecified atom stereocenters. The highest BCUT2D eigenvalue weighted by molar-refractivity contribution is 5.79. The van der Waals surface area contributed by atoms with Gasteiger partial charge >= 0.3 is 0 Å². The number of likely N-dealkylation sites (tertiary alicyclic amines) is 1. The summed E-state index contributed by atoms with van der Waals surface area (Å²) in [6, 6.07) is 5.64. The van der Waals surface area contributed by atoms with Gasteiger partial charge in [-0.3, -0.25) is 4.79 Å². The first kappa shape index (κ1) is 16.6. The van der Waals surface area contributed by atoms with E-state index in [9.17, 15) is 4.79 Å². The largest absolute Gasteiger partial charge is 0.454 e. The van der Waals surface area contributed by atoms with E-state index >= 15 is 0 Å². The standard InChI is InChI=1S/C20H23N3O4/c24-20(14-3-1-2-4-14)23-9-7-13(8-10-23)19-21-18(22-27-19)15-5-6-16-17(11-15)26-12-25-16/h5-6,11,13-14H,1-4,7-10,12H2. The van der Waals surface area contributed by atoms with Gasteiger partial charge in [0, 0.05) is 30.5 Å². The first-order valence-corrected chi connectivity index (χ1v) is 9.80. The average Bonchev–Trinajstić information content (AvgIpc) is 3.48. The zero-order valence-corrected chi connectivity index (χ0v) is 15.2. The molecular weight excluding hydrogens is 346 g/mol. The van der Waals surface area contributed by atoms with E-state index in [0.717, 1.165) is 50.1 Å². The number of carbonyl (C=O) groups excluding carboxylic acids is 1. The van der Waals surface area contributed by atoms with Gasteiger partial charge in [0.1, 0.15) is 0 Å². The van der Waals surface area contributed by atoms with Crippen LogP contribution in [0.2, 0.25) is 0 Å². The van der Waals surface area contributed by atoms with E-state index in [2.05, 4.69) is 10.1 Å². The van der Waals surface area contributed by atoms with Gasteiger partial charge in [0.25, 0.3) is 0 Å². The Labute approximate surface area is 157 Å². The summed E-state index contributed by atoms with van der Waals surface area (Å²) >= 11 is 0. The molecule has 0 atom stereocenters. The van der Waals surface area contributed by atoms with Gasteiger partial charge in [0.2, 0.25) is 24.4 Å². The maximum Gasteiger partial charge on any atom is 0.231 e.